The molecule has 184 valence electrons. The topological polar surface area (TPSA) is 109 Å². The van der Waals surface area contributed by atoms with Crippen molar-refractivity contribution in [3.8, 4) is 17.2 Å². The summed E-state index contributed by atoms with van der Waals surface area (Å²) in [6, 6.07) is 13.5. The highest BCUT2D eigenvalue weighted by Gasteiger charge is 2.37. The van der Waals surface area contributed by atoms with Gasteiger partial charge in [-0.2, -0.15) is 0 Å². The van der Waals surface area contributed by atoms with Gasteiger partial charge in [-0.3, -0.25) is 0 Å². The highest BCUT2D eigenvalue weighted by molar-refractivity contribution is 5.99. The highest BCUT2D eigenvalue weighted by Crippen LogP contribution is 2.39. The van der Waals surface area contributed by atoms with Gasteiger partial charge in [0, 0.05) is 11.4 Å². The molecule has 0 saturated heterocycles. The van der Waals surface area contributed by atoms with E-state index < -0.39 is 23.8 Å². The molecule has 0 saturated carbocycles. The first-order valence-electron chi connectivity index (χ1n) is 10.7. The molecule has 9 heteroatoms. The molecule has 0 aliphatic carbocycles. The number of allylic oxidation sites excluding steroid dienone is 2. The summed E-state index contributed by atoms with van der Waals surface area (Å²) in [4.78, 5) is 37.5. The molecule has 9 nitrogen and oxygen atoms in total. The molecule has 1 aliphatic rings. The number of dihydropyridines is 1. The zero-order valence-corrected chi connectivity index (χ0v) is 20.2. The quantitative estimate of drug-likeness (QED) is 0.449. The maximum absolute atomic E-state index is 12.6. The zero-order chi connectivity index (χ0) is 25.5. The summed E-state index contributed by atoms with van der Waals surface area (Å²) in [6.07, 6.45) is 0. The van der Waals surface area contributed by atoms with E-state index in [9.17, 15) is 14.4 Å². The molecular weight excluding hydrogens is 454 g/mol. The van der Waals surface area contributed by atoms with E-state index in [1.54, 1.807) is 62.4 Å². The van der Waals surface area contributed by atoms with E-state index >= 15 is 0 Å². The lowest BCUT2D eigenvalue weighted by Crippen LogP contribution is -2.32. The van der Waals surface area contributed by atoms with E-state index in [0.29, 0.717) is 28.5 Å². The van der Waals surface area contributed by atoms with Gasteiger partial charge in [-0.1, -0.05) is 24.3 Å². The molecule has 35 heavy (non-hydrogen) atoms. The van der Waals surface area contributed by atoms with Crippen molar-refractivity contribution in [1.82, 2.24) is 5.32 Å². The Hall–Kier alpha value is -4.27. The minimum atomic E-state index is -0.727. The lowest BCUT2D eigenvalue weighted by Gasteiger charge is -2.30. The van der Waals surface area contributed by atoms with Crippen LogP contribution in [0, 0.1) is 0 Å². The SMILES string of the molecule is COC(=O)C1=C(C)NC(C)=C(C(=O)OC)C1c1ccc(OC(=O)COc2ccccc2OC)cc1. The van der Waals surface area contributed by atoms with E-state index in [-0.39, 0.29) is 23.5 Å². The molecule has 2 aromatic rings. The third-order valence-electron chi connectivity index (χ3n) is 5.43. The zero-order valence-electron chi connectivity index (χ0n) is 20.2. The van der Waals surface area contributed by atoms with Crippen LogP contribution in [0.2, 0.25) is 0 Å². The first-order chi connectivity index (χ1) is 16.8. The number of rotatable bonds is 8. The number of hydrogen-bond acceptors (Lipinski definition) is 9. The lowest BCUT2D eigenvalue weighted by atomic mass is 9.80. The van der Waals surface area contributed by atoms with Crippen LogP contribution in [0.5, 0.6) is 17.2 Å². The Balaban J connectivity index is 1.80. The normalized spacial score (nSPS) is 13.6. The van der Waals surface area contributed by atoms with Crippen LogP contribution in [0.15, 0.2) is 71.1 Å². The Morgan fingerprint density at radius 3 is 1.86 bits per heavy atom. The molecular formula is C26H27NO8. The molecule has 0 amide bonds. The van der Waals surface area contributed by atoms with Crippen molar-refractivity contribution in [2.45, 2.75) is 19.8 Å². The third kappa shape index (κ3) is 5.63. The fourth-order valence-electron chi connectivity index (χ4n) is 3.85. The van der Waals surface area contributed by atoms with Crippen molar-refractivity contribution in [2.24, 2.45) is 0 Å². The molecule has 0 radical (unpaired) electrons. The van der Waals surface area contributed by atoms with E-state index in [1.165, 1.54) is 21.3 Å². The molecule has 0 atom stereocenters. The maximum Gasteiger partial charge on any atom is 0.349 e. The number of nitrogens with one attached hydrogen (secondary N) is 1. The number of esters is 3. The van der Waals surface area contributed by atoms with Crippen LogP contribution in [0.3, 0.4) is 0 Å². The first kappa shape index (κ1) is 25.4. The van der Waals surface area contributed by atoms with Crippen LogP contribution in [-0.4, -0.2) is 45.8 Å². The summed E-state index contributed by atoms with van der Waals surface area (Å²) in [5.74, 6) is -1.28. The van der Waals surface area contributed by atoms with E-state index in [2.05, 4.69) is 5.32 Å². The number of hydrogen-bond donors (Lipinski definition) is 1. The van der Waals surface area contributed by atoms with E-state index in [1.807, 2.05) is 0 Å². The predicted molar refractivity (Wildman–Crippen MR) is 126 cm³/mol. The van der Waals surface area contributed by atoms with Crippen molar-refractivity contribution in [3.05, 3.63) is 76.6 Å². The standard InChI is InChI=1S/C26H27NO8/c1-15-22(25(29)32-4)24(23(16(2)27-15)26(30)33-5)17-10-12-18(13-11-17)35-21(28)14-34-20-9-7-6-8-19(20)31-3/h6-13,24,27H,14H2,1-5H3. The minimum absolute atomic E-state index is 0.275. The van der Waals surface area contributed by atoms with E-state index in [0.717, 1.165) is 0 Å². The Morgan fingerprint density at radius 1 is 0.800 bits per heavy atom. The van der Waals surface area contributed by atoms with Gasteiger partial charge in [0.25, 0.3) is 0 Å². The Morgan fingerprint density at radius 2 is 1.34 bits per heavy atom. The van der Waals surface area contributed by atoms with Gasteiger partial charge in [0.2, 0.25) is 0 Å². The number of methoxy groups -OCH3 is 3. The van der Waals surface area contributed by atoms with Gasteiger partial charge in [-0.25, -0.2) is 14.4 Å². The largest absolute Gasteiger partial charge is 0.493 e. The summed E-state index contributed by atoms with van der Waals surface area (Å²) in [5, 5.41) is 3.05. The Kier molecular flexibility index (Phi) is 8.14. The number of carbonyl (C=O) groups excluding carboxylic acids is 3. The fourth-order valence-corrected chi connectivity index (χ4v) is 3.85. The van der Waals surface area contributed by atoms with Crippen molar-refractivity contribution in [1.29, 1.82) is 0 Å². The molecule has 1 N–H and O–H groups in total. The van der Waals surface area contributed by atoms with Crippen LogP contribution in [0.4, 0.5) is 0 Å². The molecule has 3 rings (SSSR count). The summed E-state index contributed by atoms with van der Waals surface area (Å²) >= 11 is 0. The summed E-state index contributed by atoms with van der Waals surface area (Å²) in [5.41, 5.74) is 2.32. The lowest BCUT2D eigenvalue weighted by molar-refractivity contribution is -0.138. The monoisotopic (exact) mass is 481 g/mol. The minimum Gasteiger partial charge on any atom is -0.493 e. The molecule has 0 bridgehead atoms. The molecule has 1 heterocycles. The van der Waals surface area contributed by atoms with Gasteiger partial charge in [0.05, 0.1) is 38.4 Å². The number of carbonyl (C=O) groups is 3. The van der Waals surface area contributed by atoms with E-state index in [4.69, 9.17) is 23.7 Å². The van der Waals surface area contributed by atoms with Crippen LogP contribution < -0.4 is 19.5 Å². The fraction of sp³-hybridized carbons (Fsp3) is 0.269. The Labute approximate surface area is 203 Å². The average Bonchev–Trinajstić information content (AvgIpc) is 2.86. The molecule has 0 fully saturated rings. The van der Waals surface area contributed by atoms with Crippen LogP contribution >= 0.6 is 0 Å². The molecule has 1 aliphatic heterocycles. The van der Waals surface area contributed by atoms with Gasteiger partial charge < -0.3 is 29.0 Å². The van der Waals surface area contributed by atoms with Crippen molar-refractivity contribution >= 4 is 17.9 Å². The first-order valence-corrected chi connectivity index (χ1v) is 10.7. The van der Waals surface area contributed by atoms with Gasteiger partial charge in [0.1, 0.15) is 5.75 Å². The molecule has 0 spiro atoms. The molecule has 0 aromatic heterocycles. The summed E-state index contributed by atoms with van der Waals surface area (Å²) in [6.45, 7) is 3.14. The van der Waals surface area contributed by atoms with Crippen molar-refractivity contribution in [3.63, 3.8) is 0 Å². The number of para-hydroxylation sites is 2. The average molecular weight is 482 g/mol. The molecule has 2 aromatic carbocycles. The Bertz CT molecular complexity index is 1140. The van der Waals surface area contributed by atoms with Crippen molar-refractivity contribution < 1.29 is 38.1 Å². The second kappa shape index (κ2) is 11.2. The summed E-state index contributed by atoms with van der Waals surface area (Å²) < 4.78 is 26.0. The van der Waals surface area contributed by atoms with Crippen LogP contribution in [0.25, 0.3) is 0 Å². The highest BCUT2D eigenvalue weighted by atomic mass is 16.6. The van der Waals surface area contributed by atoms with Crippen molar-refractivity contribution in [2.75, 3.05) is 27.9 Å². The van der Waals surface area contributed by atoms with Gasteiger partial charge in [0.15, 0.2) is 18.1 Å². The van der Waals surface area contributed by atoms with Crippen LogP contribution in [-0.2, 0) is 23.9 Å². The second-order valence-electron chi connectivity index (χ2n) is 7.60. The number of benzene rings is 2. The van der Waals surface area contributed by atoms with Crippen LogP contribution in [0.1, 0.15) is 25.3 Å². The van der Waals surface area contributed by atoms with Gasteiger partial charge in [-0.05, 0) is 43.7 Å². The van der Waals surface area contributed by atoms with Gasteiger partial charge >= 0.3 is 17.9 Å². The second-order valence-corrected chi connectivity index (χ2v) is 7.60. The maximum atomic E-state index is 12.6. The van der Waals surface area contributed by atoms with Gasteiger partial charge in [-0.15, -0.1) is 0 Å². The molecule has 0 unspecified atom stereocenters. The number of ether oxygens (including phenoxy) is 5. The third-order valence-corrected chi connectivity index (χ3v) is 5.43. The summed E-state index contributed by atoms with van der Waals surface area (Å²) in [7, 11) is 4.06. The predicted octanol–water partition coefficient (Wildman–Crippen LogP) is 3.26. The smallest absolute Gasteiger partial charge is 0.349 e.